The van der Waals surface area contributed by atoms with Crippen LogP contribution in [0, 0.1) is 0 Å². The van der Waals surface area contributed by atoms with Crippen molar-refractivity contribution < 1.29 is 22.4 Å². The Balaban J connectivity index is 2.10. The molecule has 3 rings (SSSR count). The summed E-state index contributed by atoms with van der Waals surface area (Å²) < 4.78 is 29.1. The van der Waals surface area contributed by atoms with Gasteiger partial charge in [0.2, 0.25) is 5.76 Å². The second-order valence-electron chi connectivity index (χ2n) is 5.39. The van der Waals surface area contributed by atoms with Crippen molar-refractivity contribution in [3.05, 3.63) is 59.9 Å². The number of hydrogen-bond acceptors (Lipinski definition) is 5. The van der Waals surface area contributed by atoms with E-state index in [4.69, 9.17) is 10.2 Å². The van der Waals surface area contributed by atoms with Crippen LogP contribution in [0.4, 0.5) is 5.69 Å². The molecule has 0 aliphatic rings. The van der Waals surface area contributed by atoms with Gasteiger partial charge in [0.25, 0.3) is 11.8 Å². The fraction of sp³-hybridized carbons (Fsp3) is 0.0588. The van der Waals surface area contributed by atoms with Crippen molar-refractivity contribution in [2.45, 2.75) is 4.90 Å². The highest BCUT2D eigenvalue weighted by Crippen LogP contribution is 2.31. The Hall–Kier alpha value is -3.13. The van der Waals surface area contributed by atoms with Crippen molar-refractivity contribution in [3.8, 4) is 0 Å². The van der Waals surface area contributed by atoms with Crippen LogP contribution in [0.5, 0.6) is 0 Å². The van der Waals surface area contributed by atoms with E-state index in [0.29, 0.717) is 11.0 Å². The number of para-hydroxylation sites is 1. The topological polar surface area (TPSA) is 119 Å². The molecule has 0 fully saturated rings. The molecule has 7 nitrogen and oxygen atoms in total. The highest BCUT2D eigenvalue weighted by Gasteiger charge is 2.23. The number of carbonyl (C=O) groups is 2. The van der Waals surface area contributed by atoms with E-state index in [0.717, 1.165) is 6.26 Å². The van der Waals surface area contributed by atoms with Crippen LogP contribution in [-0.2, 0) is 9.84 Å². The molecule has 0 radical (unpaired) electrons. The molecule has 0 atom stereocenters. The molecule has 0 unspecified atom stereocenters. The lowest BCUT2D eigenvalue weighted by atomic mass is 10.1. The lowest BCUT2D eigenvalue weighted by Gasteiger charge is -2.08. The molecule has 1 heterocycles. The van der Waals surface area contributed by atoms with E-state index < -0.39 is 21.7 Å². The number of benzene rings is 2. The van der Waals surface area contributed by atoms with Crippen LogP contribution < -0.4 is 11.1 Å². The van der Waals surface area contributed by atoms with Crippen LogP contribution in [-0.4, -0.2) is 26.5 Å². The Bertz CT molecular complexity index is 1100. The monoisotopic (exact) mass is 358 g/mol. The van der Waals surface area contributed by atoms with Gasteiger partial charge in [-0.1, -0.05) is 24.3 Å². The summed E-state index contributed by atoms with van der Waals surface area (Å²) in [5.74, 6) is -1.73. The molecule has 0 aliphatic carbocycles. The molecule has 3 aromatic rings. The summed E-state index contributed by atoms with van der Waals surface area (Å²) in [6.07, 6.45) is 1.02. The van der Waals surface area contributed by atoms with Crippen LogP contribution >= 0.6 is 0 Å². The van der Waals surface area contributed by atoms with E-state index in [1.165, 1.54) is 18.2 Å². The number of carbonyl (C=O) groups excluding carboxylic acids is 2. The Morgan fingerprint density at radius 3 is 2.36 bits per heavy atom. The molecule has 2 amide bonds. The number of sulfone groups is 1. The first-order valence-electron chi connectivity index (χ1n) is 7.21. The summed E-state index contributed by atoms with van der Waals surface area (Å²) >= 11 is 0. The largest absolute Gasteiger partial charge is 0.449 e. The van der Waals surface area contributed by atoms with Crippen molar-refractivity contribution in [2.24, 2.45) is 5.73 Å². The Morgan fingerprint density at radius 1 is 1.04 bits per heavy atom. The van der Waals surface area contributed by atoms with Crippen molar-refractivity contribution in [1.82, 2.24) is 0 Å². The molecule has 2 aromatic carbocycles. The lowest BCUT2D eigenvalue weighted by Crippen LogP contribution is -2.19. The quantitative estimate of drug-likeness (QED) is 0.741. The Morgan fingerprint density at radius 2 is 1.68 bits per heavy atom. The second-order valence-corrected chi connectivity index (χ2v) is 7.37. The van der Waals surface area contributed by atoms with Crippen LogP contribution in [0.2, 0.25) is 0 Å². The van der Waals surface area contributed by atoms with Gasteiger partial charge in [0, 0.05) is 11.6 Å². The summed E-state index contributed by atoms with van der Waals surface area (Å²) in [6.45, 7) is 0. The first-order valence-corrected chi connectivity index (χ1v) is 9.10. The highest BCUT2D eigenvalue weighted by molar-refractivity contribution is 7.90. The Kier molecular flexibility index (Phi) is 4.05. The molecule has 25 heavy (non-hydrogen) atoms. The maximum Gasteiger partial charge on any atom is 0.286 e. The van der Waals surface area contributed by atoms with E-state index in [-0.39, 0.29) is 21.9 Å². The van der Waals surface area contributed by atoms with Crippen LogP contribution in [0.15, 0.2) is 57.8 Å². The molecule has 0 saturated carbocycles. The molecule has 1 aromatic heterocycles. The van der Waals surface area contributed by atoms with Gasteiger partial charge >= 0.3 is 0 Å². The number of primary amides is 1. The zero-order chi connectivity index (χ0) is 18.2. The zero-order valence-corrected chi connectivity index (χ0v) is 14.0. The number of nitrogens with one attached hydrogen (secondary N) is 1. The summed E-state index contributed by atoms with van der Waals surface area (Å²) in [6, 6.07) is 12.5. The van der Waals surface area contributed by atoms with Gasteiger partial charge in [0.1, 0.15) is 11.3 Å². The van der Waals surface area contributed by atoms with E-state index >= 15 is 0 Å². The minimum Gasteiger partial charge on any atom is -0.449 e. The van der Waals surface area contributed by atoms with Crippen molar-refractivity contribution in [2.75, 3.05) is 11.6 Å². The van der Waals surface area contributed by atoms with Gasteiger partial charge in [-0.3, -0.25) is 9.59 Å². The molecule has 3 N–H and O–H groups in total. The van der Waals surface area contributed by atoms with Gasteiger partial charge in [-0.2, -0.15) is 0 Å². The predicted octanol–water partition coefficient (Wildman–Crippen LogP) is 2.19. The van der Waals surface area contributed by atoms with E-state index in [2.05, 4.69) is 5.32 Å². The summed E-state index contributed by atoms with van der Waals surface area (Å²) in [4.78, 5) is 24.1. The number of anilines is 1. The standard InChI is InChI=1S/C17H14N2O5S/c1-25(22,23)13-9-5-3-7-11(13)17(21)19-14-10-6-2-4-8-12(10)24-15(14)16(18)20/h2-9H,1H3,(H2,18,20)(H,19,21). The number of amides is 2. The SMILES string of the molecule is CS(=O)(=O)c1ccccc1C(=O)Nc1c(C(N)=O)oc2ccccc12. The fourth-order valence-electron chi connectivity index (χ4n) is 2.50. The predicted molar refractivity (Wildman–Crippen MR) is 92.2 cm³/mol. The van der Waals surface area contributed by atoms with E-state index in [9.17, 15) is 18.0 Å². The first kappa shape index (κ1) is 16.7. The number of rotatable bonds is 4. The van der Waals surface area contributed by atoms with Crippen molar-refractivity contribution in [1.29, 1.82) is 0 Å². The number of fused-ring (bicyclic) bond motifs is 1. The first-order chi connectivity index (χ1) is 11.8. The number of nitrogens with two attached hydrogens (primary N) is 1. The minimum absolute atomic E-state index is 0.0364. The highest BCUT2D eigenvalue weighted by atomic mass is 32.2. The third-order valence-corrected chi connectivity index (χ3v) is 4.74. The number of furan rings is 1. The van der Waals surface area contributed by atoms with Crippen molar-refractivity contribution >= 4 is 38.3 Å². The zero-order valence-electron chi connectivity index (χ0n) is 13.1. The molecule has 0 saturated heterocycles. The third kappa shape index (κ3) is 3.11. The van der Waals surface area contributed by atoms with Gasteiger partial charge < -0.3 is 15.5 Å². The van der Waals surface area contributed by atoms with Crippen LogP contribution in [0.1, 0.15) is 20.9 Å². The smallest absolute Gasteiger partial charge is 0.286 e. The minimum atomic E-state index is -3.60. The maximum absolute atomic E-state index is 12.6. The molecule has 128 valence electrons. The Labute approximate surface area is 143 Å². The molecular formula is C17H14N2O5S. The molecule has 0 bridgehead atoms. The van der Waals surface area contributed by atoms with Gasteiger partial charge in [-0.15, -0.1) is 0 Å². The lowest BCUT2D eigenvalue weighted by molar-refractivity contribution is 0.0977. The summed E-state index contributed by atoms with van der Waals surface area (Å²) in [5.41, 5.74) is 5.76. The van der Waals surface area contributed by atoms with E-state index in [1.807, 2.05) is 0 Å². The molecule has 8 heteroatoms. The summed E-state index contributed by atoms with van der Waals surface area (Å²) in [7, 11) is -3.60. The normalized spacial score (nSPS) is 11.4. The van der Waals surface area contributed by atoms with Crippen molar-refractivity contribution in [3.63, 3.8) is 0 Å². The number of hydrogen-bond donors (Lipinski definition) is 2. The fourth-order valence-corrected chi connectivity index (χ4v) is 3.39. The third-order valence-electron chi connectivity index (χ3n) is 3.59. The molecule has 0 spiro atoms. The average molecular weight is 358 g/mol. The van der Waals surface area contributed by atoms with E-state index in [1.54, 1.807) is 30.3 Å². The van der Waals surface area contributed by atoms with Gasteiger partial charge in [0.15, 0.2) is 9.84 Å². The average Bonchev–Trinajstić information content (AvgIpc) is 2.93. The van der Waals surface area contributed by atoms with Gasteiger partial charge in [0.05, 0.1) is 10.5 Å². The maximum atomic E-state index is 12.6. The molecular weight excluding hydrogens is 344 g/mol. The molecule has 0 aliphatic heterocycles. The summed E-state index contributed by atoms with van der Waals surface area (Å²) in [5, 5.41) is 3.03. The van der Waals surface area contributed by atoms with Crippen LogP contribution in [0.3, 0.4) is 0 Å². The van der Waals surface area contributed by atoms with Gasteiger partial charge in [-0.05, 0) is 24.3 Å². The van der Waals surface area contributed by atoms with Crippen LogP contribution in [0.25, 0.3) is 11.0 Å². The van der Waals surface area contributed by atoms with Gasteiger partial charge in [-0.25, -0.2) is 8.42 Å². The second kappa shape index (κ2) is 6.06.